The van der Waals surface area contributed by atoms with Gasteiger partial charge >= 0.3 is 0 Å². The highest BCUT2D eigenvalue weighted by molar-refractivity contribution is 7.89. The highest BCUT2D eigenvalue weighted by atomic mass is 32.2. The second-order valence-electron chi connectivity index (χ2n) is 6.25. The van der Waals surface area contributed by atoms with Gasteiger partial charge in [-0.25, -0.2) is 8.42 Å². The number of rotatable bonds is 5. The summed E-state index contributed by atoms with van der Waals surface area (Å²) >= 11 is 0. The van der Waals surface area contributed by atoms with Gasteiger partial charge in [0.25, 0.3) is 5.69 Å². The smallest absolute Gasteiger partial charge is 0.270 e. The van der Waals surface area contributed by atoms with Gasteiger partial charge in [-0.3, -0.25) is 20.0 Å². The highest BCUT2D eigenvalue weighted by Crippen LogP contribution is 2.25. The van der Waals surface area contributed by atoms with Gasteiger partial charge in [0.1, 0.15) is 0 Å². The van der Waals surface area contributed by atoms with Crippen molar-refractivity contribution in [2.24, 2.45) is 0 Å². The van der Waals surface area contributed by atoms with Gasteiger partial charge in [0, 0.05) is 57.3 Å². The molecule has 1 fully saturated rings. The van der Waals surface area contributed by atoms with E-state index in [9.17, 15) is 18.5 Å². The lowest BCUT2D eigenvalue weighted by Gasteiger charge is -2.34. The van der Waals surface area contributed by atoms with E-state index in [1.807, 2.05) is 12.1 Å². The van der Waals surface area contributed by atoms with E-state index in [4.69, 9.17) is 0 Å². The van der Waals surface area contributed by atoms with E-state index in [-0.39, 0.29) is 10.6 Å². The quantitative estimate of drug-likeness (QED) is 0.583. The van der Waals surface area contributed by atoms with E-state index >= 15 is 0 Å². The number of hydrogen-bond acceptors (Lipinski definition) is 6. The van der Waals surface area contributed by atoms with Gasteiger partial charge in [-0.1, -0.05) is 12.1 Å². The van der Waals surface area contributed by atoms with Gasteiger partial charge in [-0.05, 0) is 24.1 Å². The number of piperazine rings is 1. The fraction of sp³-hybridized carbons (Fsp3) is 0.353. The van der Waals surface area contributed by atoms with Gasteiger partial charge in [-0.2, -0.15) is 4.31 Å². The van der Waals surface area contributed by atoms with Gasteiger partial charge in [0.15, 0.2) is 0 Å². The number of nitro benzene ring substituents is 1. The molecular formula is C17H20N4O4S. The molecule has 8 nitrogen and oxygen atoms in total. The Bertz CT molecular complexity index is 894. The minimum atomic E-state index is -3.76. The minimum Gasteiger partial charge on any atom is -0.296 e. The van der Waals surface area contributed by atoms with Crippen molar-refractivity contribution in [3.05, 3.63) is 64.0 Å². The van der Waals surface area contributed by atoms with Crippen molar-refractivity contribution in [2.45, 2.75) is 18.4 Å². The van der Waals surface area contributed by atoms with Crippen LogP contribution in [0.15, 0.2) is 47.6 Å². The summed E-state index contributed by atoms with van der Waals surface area (Å²) in [6, 6.07) is 7.81. The molecule has 0 atom stereocenters. The van der Waals surface area contributed by atoms with Crippen LogP contribution >= 0.6 is 0 Å². The molecule has 26 heavy (non-hydrogen) atoms. The Morgan fingerprint density at radius 3 is 2.54 bits per heavy atom. The van der Waals surface area contributed by atoms with Crippen LogP contribution in [0, 0.1) is 17.0 Å². The zero-order valence-corrected chi connectivity index (χ0v) is 15.2. The van der Waals surface area contributed by atoms with Crippen molar-refractivity contribution in [1.29, 1.82) is 0 Å². The molecule has 3 rings (SSSR count). The molecule has 0 unspecified atom stereocenters. The second-order valence-corrected chi connectivity index (χ2v) is 8.15. The number of nitro groups is 1. The van der Waals surface area contributed by atoms with E-state index in [1.54, 1.807) is 19.3 Å². The summed E-state index contributed by atoms with van der Waals surface area (Å²) < 4.78 is 27.2. The summed E-state index contributed by atoms with van der Waals surface area (Å²) in [5, 5.41) is 11.0. The summed E-state index contributed by atoms with van der Waals surface area (Å²) in [6.07, 6.45) is 3.52. The molecule has 0 N–H and O–H groups in total. The van der Waals surface area contributed by atoms with Crippen molar-refractivity contribution in [3.8, 4) is 0 Å². The van der Waals surface area contributed by atoms with Crippen molar-refractivity contribution in [2.75, 3.05) is 26.2 Å². The van der Waals surface area contributed by atoms with Crippen LogP contribution in [0.5, 0.6) is 0 Å². The fourth-order valence-corrected chi connectivity index (χ4v) is 4.66. The SMILES string of the molecule is Cc1ccc([N+](=O)[O-])cc1S(=O)(=O)N1CCN(Cc2cccnc2)CC1. The monoisotopic (exact) mass is 376 g/mol. The standard InChI is InChI=1S/C17H20N4O4S/c1-14-4-5-16(21(22)23)11-17(14)26(24,25)20-9-7-19(8-10-20)13-15-3-2-6-18-12-15/h2-6,11-12H,7-10,13H2,1H3. The number of nitrogens with zero attached hydrogens (tertiary/aromatic N) is 4. The second kappa shape index (κ2) is 7.48. The summed E-state index contributed by atoms with van der Waals surface area (Å²) in [4.78, 5) is 16.7. The fourth-order valence-electron chi connectivity index (χ4n) is 3.00. The third kappa shape index (κ3) is 3.90. The third-order valence-corrected chi connectivity index (χ3v) is 6.50. The van der Waals surface area contributed by atoms with Crippen LogP contribution in [0.4, 0.5) is 5.69 Å². The number of benzene rings is 1. The molecule has 9 heteroatoms. The van der Waals surface area contributed by atoms with E-state index < -0.39 is 14.9 Å². The van der Waals surface area contributed by atoms with Crippen LogP contribution in [0.25, 0.3) is 0 Å². The Morgan fingerprint density at radius 1 is 1.19 bits per heavy atom. The van der Waals surface area contributed by atoms with Crippen LogP contribution < -0.4 is 0 Å². The molecule has 1 aliphatic rings. The Balaban J connectivity index is 1.72. The average Bonchev–Trinajstić information content (AvgIpc) is 2.63. The molecule has 2 heterocycles. The summed E-state index contributed by atoms with van der Waals surface area (Å²) in [7, 11) is -3.76. The van der Waals surface area contributed by atoms with Gasteiger partial charge in [0.05, 0.1) is 9.82 Å². The Morgan fingerprint density at radius 2 is 1.92 bits per heavy atom. The largest absolute Gasteiger partial charge is 0.296 e. The molecule has 1 aromatic heterocycles. The van der Waals surface area contributed by atoms with E-state index in [2.05, 4.69) is 9.88 Å². The van der Waals surface area contributed by atoms with Gasteiger partial charge in [-0.15, -0.1) is 0 Å². The lowest BCUT2D eigenvalue weighted by atomic mass is 10.2. The topological polar surface area (TPSA) is 96.6 Å². The molecule has 138 valence electrons. The first-order valence-electron chi connectivity index (χ1n) is 8.24. The third-order valence-electron chi connectivity index (χ3n) is 4.46. The van der Waals surface area contributed by atoms with Crippen molar-refractivity contribution < 1.29 is 13.3 Å². The number of hydrogen-bond donors (Lipinski definition) is 0. The summed E-state index contributed by atoms with van der Waals surface area (Å²) in [6.45, 7) is 4.27. The number of aryl methyl sites for hydroxylation is 1. The Labute approximate surface area is 152 Å². The number of aromatic nitrogens is 1. The molecular weight excluding hydrogens is 356 g/mol. The van der Waals surface area contributed by atoms with Crippen LogP contribution in [0.1, 0.15) is 11.1 Å². The number of sulfonamides is 1. The molecule has 0 aliphatic carbocycles. The van der Waals surface area contributed by atoms with E-state index in [1.165, 1.54) is 16.4 Å². The number of non-ortho nitro benzene ring substituents is 1. The van der Waals surface area contributed by atoms with Gasteiger partial charge in [0.2, 0.25) is 10.0 Å². The highest BCUT2D eigenvalue weighted by Gasteiger charge is 2.30. The maximum Gasteiger partial charge on any atom is 0.270 e. The summed E-state index contributed by atoms with van der Waals surface area (Å²) in [5.74, 6) is 0. The first-order chi connectivity index (χ1) is 12.4. The molecule has 0 radical (unpaired) electrons. The maximum absolute atomic E-state index is 12.9. The van der Waals surface area contributed by atoms with Crippen LogP contribution in [-0.4, -0.2) is 53.7 Å². The van der Waals surface area contributed by atoms with Crippen molar-refractivity contribution in [3.63, 3.8) is 0 Å². The molecule has 1 aliphatic heterocycles. The van der Waals surface area contributed by atoms with Crippen molar-refractivity contribution >= 4 is 15.7 Å². The predicted octanol–water partition coefficient (Wildman–Crippen LogP) is 1.80. The molecule has 0 spiro atoms. The summed E-state index contributed by atoms with van der Waals surface area (Å²) in [5.41, 5.74) is 1.37. The van der Waals surface area contributed by atoms with E-state index in [0.717, 1.165) is 18.2 Å². The first kappa shape index (κ1) is 18.4. The molecule has 1 aromatic carbocycles. The average molecular weight is 376 g/mol. The van der Waals surface area contributed by atoms with E-state index in [0.29, 0.717) is 31.7 Å². The number of pyridine rings is 1. The molecule has 0 amide bonds. The maximum atomic E-state index is 12.9. The molecule has 0 bridgehead atoms. The first-order valence-corrected chi connectivity index (χ1v) is 9.68. The van der Waals surface area contributed by atoms with Crippen LogP contribution in [-0.2, 0) is 16.6 Å². The Hall–Kier alpha value is -2.36. The van der Waals surface area contributed by atoms with Crippen molar-refractivity contribution in [1.82, 2.24) is 14.2 Å². The lowest BCUT2D eigenvalue weighted by Crippen LogP contribution is -2.48. The van der Waals surface area contributed by atoms with Crippen LogP contribution in [0.3, 0.4) is 0 Å². The van der Waals surface area contributed by atoms with Gasteiger partial charge < -0.3 is 0 Å². The molecule has 2 aromatic rings. The molecule has 1 saturated heterocycles. The molecule has 0 saturated carbocycles. The predicted molar refractivity (Wildman–Crippen MR) is 96.1 cm³/mol. The van der Waals surface area contributed by atoms with Crippen LogP contribution in [0.2, 0.25) is 0 Å². The normalized spacial score (nSPS) is 16.5. The minimum absolute atomic E-state index is 0.00686. The zero-order chi connectivity index (χ0) is 18.7. The zero-order valence-electron chi connectivity index (χ0n) is 14.4. The Kier molecular flexibility index (Phi) is 5.30. The lowest BCUT2D eigenvalue weighted by molar-refractivity contribution is -0.385.